The Bertz CT molecular complexity index is 1420. The Hall–Kier alpha value is -3.84. The third-order valence-electron chi connectivity index (χ3n) is 6.69. The second-order valence-corrected chi connectivity index (χ2v) is 12.2. The number of nitrogens with zero attached hydrogens (tertiary/aromatic N) is 5. The zero-order valence-electron chi connectivity index (χ0n) is 22.7. The van der Waals surface area contributed by atoms with E-state index < -0.39 is 21.1 Å². The smallest absolute Gasteiger partial charge is 0.345 e. The highest BCUT2D eigenvalue weighted by Crippen LogP contribution is 2.32. The van der Waals surface area contributed by atoms with Gasteiger partial charge in [0.1, 0.15) is 5.75 Å². The van der Waals surface area contributed by atoms with Gasteiger partial charge in [-0.2, -0.15) is 4.98 Å². The maximum atomic E-state index is 13.0. The maximum absolute atomic E-state index is 13.0. The van der Waals surface area contributed by atoms with E-state index >= 15 is 0 Å². The van der Waals surface area contributed by atoms with Crippen LogP contribution in [0.15, 0.2) is 47.4 Å². The number of rotatable bonds is 9. The number of hydrogen-bond donors (Lipinski definition) is 3. The monoisotopic (exact) mass is 556 g/mol. The number of sulfone groups is 1. The molecule has 4 N–H and O–H groups in total. The van der Waals surface area contributed by atoms with Gasteiger partial charge in [0.2, 0.25) is 11.9 Å². The van der Waals surface area contributed by atoms with Crippen molar-refractivity contribution in [3.8, 4) is 5.75 Å². The second-order valence-electron chi connectivity index (χ2n) is 9.69. The standard InChI is InChI=1S/C26H36N8O4S/c1-18(2)39(36,37)23-8-6-5-7-19(23)11-12-28-26(35)34-25(30-24(27)31-34)29-21-10-9-20(17-22(21)38-4)33-15-13-32(3)14-16-33/h5-10,17-18H,11-16H2,1-4H3,(H,28,35)(H3,27,29,30,31). The third kappa shape index (κ3) is 6.42. The number of methoxy groups -OCH3 is 1. The van der Waals surface area contributed by atoms with Crippen molar-refractivity contribution in [1.82, 2.24) is 25.0 Å². The van der Waals surface area contributed by atoms with Gasteiger partial charge in [0.25, 0.3) is 0 Å². The van der Waals surface area contributed by atoms with E-state index in [0.29, 0.717) is 23.4 Å². The van der Waals surface area contributed by atoms with Crippen LogP contribution in [0.1, 0.15) is 19.4 Å². The Labute approximate surface area is 229 Å². The van der Waals surface area contributed by atoms with Crippen LogP contribution in [0, 0.1) is 0 Å². The van der Waals surface area contributed by atoms with E-state index in [0.717, 1.165) is 36.5 Å². The molecule has 0 spiro atoms. The lowest BCUT2D eigenvalue weighted by molar-refractivity contribution is 0.240. The molecule has 2 heterocycles. The lowest BCUT2D eigenvalue weighted by Crippen LogP contribution is -2.44. The van der Waals surface area contributed by atoms with Gasteiger partial charge >= 0.3 is 6.03 Å². The van der Waals surface area contributed by atoms with E-state index in [-0.39, 0.29) is 23.3 Å². The van der Waals surface area contributed by atoms with Gasteiger partial charge in [-0.3, -0.25) is 0 Å². The number of likely N-dealkylation sites (N-methyl/N-ethyl adjacent to an activating group) is 1. The second kappa shape index (κ2) is 11.9. The van der Waals surface area contributed by atoms with Gasteiger partial charge in [-0.15, -0.1) is 9.78 Å². The first-order chi connectivity index (χ1) is 18.6. The highest BCUT2D eigenvalue weighted by molar-refractivity contribution is 7.92. The summed E-state index contributed by atoms with van der Waals surface area (Å²) in [7, 11) is 0.239. The van der Waals surface area contributed by atoms with Gasteiger partial charge in [-0.25, -0.2) is 13.2 Å². The van der Waals surface area contributed by atoms with Crippen molar-refractivity contribution < 1.29 is 17.9 Å². The number of nitrogens with two attached hydrogens (primary N) is 1. The van der Waals surface area contributed by atoms with Gasteiger partial charge in [-0.05, 0) is 51.1 Å². The van der Waals surface area contributed by atoms with Gasteiger partial charge in [0.15, 0.2) is 9.84 Å². The molecule has 2 aromatic carbocycles. The maximum Gasteiger partial charge on any atom is 0.345 e. The third-order valence-corrected chi connectivity index (χ3v) is 8.94. The highest BCUT2D eigenvalue weighted by atomic mass is 32.2. The van der Waals surface area contributed by atoms with Crippen molar-refractivity contribution in [2.24, 2.45) is 0 Å². The number of ether oxygens (including phenoxy) is 1. The minimum atomic E-state index is -3.45. The average Bonchev–Trinajstić information content (AvgIpc) is 3.29. The number of carbonyl (C=O) groups is 1. The Morgan fingerprint density at radius 3 is 2.54 bits per heavy atom. The minimum absolute atomic E-state index is 0.0750. The number of nitrogens with one attached hydrogen (secondary N) is 2. The van der Waals surface area contributed by atoms with Crippen molar-refractivity contribution in [3.63, 3.8) is 0 Å². The van der Waals surface area contributed by atoms with Crippen molar-refractivity contribution in [3.05, 3.63) is 48.0 Å². The lowest BCUT2D eigenvalue weighted by atomic mass is 10.1. The van der Waals surface area contributed by atoms with E-state index in [1.807, 2.05) is 18.2 Å². The molecule has 0 saturated carbocycles. The summed E-state index contributed by atoms with van der Waals surface area (Å²) < 4.78 is 32.1. The van der Waals surface area contributed by atoms with Crippen LogP contribution in [0.4, 0.5) is 28.1 Å². The van der Waals surface area contributed by atoms with Crippen LogP contribution in [0.2, 0.25) is 0 Å². The molecular formula is C26H36N8O4S. The van der Waals surface area contributed by atoms with Crippen molar-refractivity contribution in [2.45, 2.75) is 30.4 Å². The molecule has 4 rings (SSSR count). The summed E-state index contributed by atoms with van der Waals surface area (Å²) in [5.74, 6) is 0.635. The summed E-state index contributed by atoms with van der Waals surface area (Å²) in [6, 6.07) is 12.1. The molecule has 13 heteroatoms. The topological polar surface area (TPSA) is 148 Å². The molecule has 1 aliphatic rings. The molecule has 1 fully saturated rings. The van der Waals surface area contributed by atoms with Crippen LogP contribution in [0.5, 0.6) is 5.75 Å². The van der Waals surface area contributed by atoms with E-state index in [1.165, 1.54) is 0 Å². The predicted octanol–water partition coefficient (Wildman–Crippen LogP) is 2.35. The Morgan fingerprint density at radius 1 is 1.13 bits per heavy atom. The zero-order chi connectivity index (χ0) is 28.2. The molecule has 1 saturated heterocycles. The highest BCUT2D eigenvalue weighted by Gasteiger charge is 2.23. The normalized spacial score (nSPS) is 14.4. The molecule has 0 unspecified atom stereocenters. The van der Waals surface area contributed by atoms with Gasteiger partial charge in [0.05, 0.1) is 22.9 Å². The molecule has 210 valence electrons. The first kappa shape index (κ1) is 28.2. The number of anilines is 4. The number of carbonyl (C=O) groups excluding carboxylic acids is 1. The largest absolute Gasteiger partial charge is 0.494 e. The first-order valence-electron chi connectivity index (χ1n) is 12.8. The Kier molecular flexibility index (Phi) is 8.60. The van der Waals surface area contributed by atoms with E-state index in [4.69, 9.17) is 10.5 Å². The molecule has 1 aromatic heterocycles. The Balaban J connectivity index is 1.45. The van der Waals surface area contributed by atoms with Crippen LogP contribution in [0.25, 0.3) is 0 Å². The van der Waals surface area contributed by atoms with Crippen molar-refractivity contribution >= 4 is 39.1 Å². The molecule has 0 atom stereocenters. The summed E-state index contributed by atoms with van der Waals surface area (Å²) in [5.41, 5.74) is 8.10. The molecule has 0 radical (unpaired) electrons. The van der Waals surface area contributed by atoms with Gasteiger partial charge in [0, 0.05) is 44.5 Å². The van der Waals surface area contributed by atoms with E-state index in [2.05, 4.69) is 37.6 Å². The average molecular weight is 557 g/mol. The molecule has 12 nitrogen and oxygen atoms in total. The summed E-state index contributed by atoms with van der Waals surface area (Å²) >= 11 is 0. The van der Waals surface area contributed by atoms with Crippen LogP contribution in [-0.2, 0) is 16.3 Å². The molecule has 39 heavy (non-hydrogen) atoms. The zero-order valence-corrected chi connectivity index (χ0v) is 23.5. The fourth-order valence-electron chi connectivity index (χ4n) is 4.34. The van der Waals surface area contributed by atoms with Crippen LogP contribution in [0.3, 0.4) is 0 Å². The van der Waals surface area contributed by atoms with Crippen LogP contribution < -0.4 is 26.0 Å². The van der Waals surface area contributed by atoms with Gasteiger partial charge in [-0.1, -0.05) is 18.2 Å². The summed E-state index contributed by atoms with van der Waals surface area (Å²) in [6.45, 7) is 7.29. The molecule has 3 aromatic rings. The summed E-state index contributed by atoms with van der Waals surface area (Å²) in [4.78, 5) is 22.0. The fourth-order valence-corrected chi connectivity index (χ4v) is 5.65. The molecule has 0 bridgehead atoms. The molecular weight excluding hydrogens is 520 g/mol. The van der Waals surface area contributed by atoms with Crippen LogP contribution >= 0.6 is 0 Å². The lowest BCUT2D eigenvalue weighted by Gasteiger charge is -2.34. The first-order valence-corrected chi connectivity index (χ1v) is 14.4. The number of hydrogen-bond acceptors (Lipinski definition) is 10. The number of aromatic nitrogens is 3. The molecule has 0 aliphatic carbocycles. The fraction of sp³-hybridized carbons (Fsp3) is 0.423. The number of piperazine rings is 1. The van der Waals surface area contributed by atoms with Gasteiger partial charge < -0.3 is 30.9 Å². The van der Waals surface area contributed by atoms with Crippen molar-refractivity contribution in [2.75, 3.05) is 62.8 Å². The quantitative estimate of drug-likeness (QED) is 0.359. The van der Waals surface area contributed by atoms with E-state index in [9.17, 15) is 13.2 Å². The van der Waals surface area contributed by atoms with E-state index in [1.54, 1.807) is 45.2 Å². The number of benzene rings is 2. The summed E-state index contributed by atoms with van der Waals surface area (Å²) in [6.07, 6.45) is 0.322. The minimum Gasteiger partial charge on any atom is -0.494 e. The Morgan fingerprint density at radius 2 is 1.85 bits per heavy atom. The van der Waals surface area contributed by atoms with Crippen molar-refractivity contribution in [1.29, 1.82) is 0 Å². The molecule has 1 aliphatic heterocycles. The summed E-state index contributed by atoms with van der Waals surface area (Å²) in [5, 5.41) is 9.34. The number of nitrogen functional groups attached to an aromatic ring is 1. The predicted molar refractivity (Wildman–Crippen MR) is 152 cm³/mol. The van der Waals surface area contributed by atoms with Crippen LogP contribution in [-0.4, -0.2) is 86.2 Å². The number of amides is 1. The molecule has 1 amide bonds. The SMILES string of the molecule is COc1cc(N2CCN(C)CC2)ccc1Nc1nc(N)nn1C(=O)NCCc1ccccc1S(=O)(=O)C(C)C.